The van der Waals surface area contributed by atoms with Crippen LogP contribution in [0.4, 0.5) is 13.2 Å². The standard InChI is InChI=1S/C14H18F3N5/c1-21(8-11-4-5-18-20-11)6-10-2-3-13-19-12(14(15,16)17)9-22(13)7-10/h4-5,9-10H,2-3,6-8H2,1H3,(H,18,20)/t10-/m0/s1. The minimum absolute atomic E-state index is 0.329. The average molecular weight is 313 g/mol. The molecule has 1 N–H and O–H groups in total. The Morgan fingerprint density at radius 1 is 1.45 bits per heavy atom. The van der Waals surface area contributed by atoms with Crippen molar-refractivity contribution in [3.05, 3.63) is 35.7 Å². The van der Waals surface area contributed by atoms with Gasteiger partial charge in [-0.25, -0.2) is 4.98 Å². The fourth-order valence-electron chi connectivity index (χ4n) is 2.97. The third kappa shape index (κ3) is 3.32. The number of alkyl halides is 3. The van der Waals surface area contributed by atoms with Gasteiger partial charge in [-0.1, -0.05) is 0 Å². The van der Waals surface area contributed by atoms with Crippen LogP contribution in [0.2, 0.25) is 0 Å². The predicted octanol–water partition coefficient (Wildman–Crippen LogP) is 2.32. The van der Waals surface area contributed by atoms with Gasteiger partial charge in [-0.3, -0.25) is 5.10 Å². The summed E-state index contributed by atoms with van der Waals surface area (Å²) in [5.74, 6) is 0.871. The van der Waals surface area contributed by atoms with Crippen LogP contribution < -0.4 is 0 Å². The lowest BCUT2D eigenvalue weighted by atomic mass is 9.99. The molecule has 1 atom stereocenters. The number of rotatable bonds is 4. The lowest BCUT2D eigenvalue weighted by molar-refractivity contribution is -0.141. The van der Waals surface area contributed by atoms with Gasteiger partial charge in [0.1, 0.15) is 5.82 Å². The maximum Gasteiger partial charge on any atom is 0.434 e. The number of aromatic amines is 1. The van der Waals surface area contributed by atoms with Crippen LogP contribution in [0.5, 0.6) is 0 Å². The summed E-state index contributed by atoms with van der Waals surface area (Å²) in [5.41, 5.74) is 0.245. The van der Waals surface area contributed by atoms with E-state index in [9.17, 15) is 13.2 Å². The summed E-state index contributed by atoms with van der Waals surface area (Å²) < 4.78 is 39.8. The molecule has 0 unspecified atom stereocenters. The van der Waals surface area contributed by atoms with E-state index in [-0.39, 0.29) is 0 Å². The zero-order valence-electron chi connectivity index (χ0n) is 12.3. The second-order valence-electron chi connectivity index (χ2n) is 5.88. The molecule has 120 valence electrons. The number of H-pyrrole nitrogens is 1. The normalized spacial score (nSPS) is 18.7. The van der Waals surface area contributed by atoms with Crippen molar-refractivity contribution in [3.8, 4) is 0 Å². The molecule has 0 aliphatic carbocycles. The largest absolute Gasteiger partial charge is 0.434 e. The van der Waals surface area contributed by atoms with Gasteiger partial charge < -0.3 is 9.47 Å². The molecule has 0 saturated carbocycles. The molecule has 0 radical (unpaired) electrons. The first-order chi connectivity index (χ1) is 10.4. The molecule has 3 heterocycles. The molecule has 2 aromatic heterocycles. The van der Waals surface area contributed by atoms with Crippen molar-refractivity contribution in [3.63, 3.8) is 0 Å². The second kappa shape index (κ2) is 5.75. The van der Waals surface area contributed by atoms with Crippen LogP contribution in [0.1, 0.15) is 23.6 Å². The quantitative estimate of drug-likeness (QED) is 0.942. The maximum absolute atomic E-state index is 12.7. The van der Waals surface area contributed by atoms with Crippen LogP contribution >= 0.6 is 0 Å². The molecule has 3 rings (SSSR count). The summed E-state index contributed by atoms with van der Waals surface area (Å²) in [6, 6.07) is 1.92. The number of aryl methyl sites for hydroxylation is 1. The van der Waals surface area contributed by atoms with Crippen molar-refractivity contribution in [1.82, 2.24) is 24.6 Å². The van der Waals surface area contributed by atoms with Gasteiger partial charge in [0.05, 0.1) is 0 Å². The van der Waals surface area contributed by atoms with E-state index >= 15 is 0 Å². The van der Waals surface area contributed by atoms with Crippen LogP contribution in [0.3, 0.4) is 0 Å². The maximum atomic E-state index is 12.7. The summed E-state index contributed by atoms with van der Waals surface area (Å²) in [6.45, 7) is 2.17. The van der Waals surface area contributed by atoms with Crippen molar-refractivity contribution in [1.29, 1.82) is 0 Å². The smallest absolute Gasteiger partial charge is 0.334 e. The van der Waals surface area contributed by atoms with Gasteiger partial charge in [0.25, 0.3) is 0 Å². The highest BCUT2D eigenvalue weighted by molar-refractivity contribution is 5.10. The molecule has 2 aromatic rings. The highest BCUT2D eigenvalue weighted by Gasteiger charge is 2.35. The third-order valence-corrected chi connectivity index (χ3v) is 3.95. The van der Waals surface area contributed by atoms with Crippen LogP contribution in [0.15, 0.2) is 18.5 Å². The lowest BCUT2D eigenvalue weighted by Gasteiger charge is -2.27. The molecule has 5 nitrogen and oxygen atoms in total. The topological polar surface area (TPSA) is 49.7 Å². The lowest BCUT2D eigenvalue weighted by Crippen LogP contribution is -2.31. The van der Waals surface area contributed by atoms with Gasteiger partial charge in [-0.05, 0) is 25.5 Å². The summed E-state index contributed by atoms with van der Waals surface area (Å²) in [7, 11) is 2.01. The number of imidazole rings is 1. The molecule has 0 spiro atoms. The molecule has 0 aromatic carbocycles. The Bertz CT molecular complexity index is 617. The van der Waals surface area contributed by atoms with Gasteiger partial charge in [0.15, 0.2) is 5.69 Å². The molecule has 0 fully saturated rings. The van der Waals surface area contributed by atoms with Gasteiger partial charge in [0.2, 0.25) is 0 Å². The van der Waals surface area contributed by atoms with Crippen LogP contribution in [0.25, 0.3) is 0 Å². The minimum Gasteiger partial charge on any atom is -0.334 e. The summed E-state index contributed by atoms with van der Waals surface area (Å²) in [4.78, 5) is 5.87. The zero-order chi connectivity index (χ0) is 15.7. The fraction of sp³-hybridized carbons (Fsp3) is 0.571. The van der Waals surface area contributed by atoms with Crippen LogP contribution in [0, 0.1) is 5.92 Å². The summed E-state index contributed by atoms with van der Waals surface area (Å²) in [5, 5.41) is 6.82. The minimum atomic E-state index is -4.36. The number of nitrogens with one attached hydrogen (secondary N) is 1. The fourth-order valence-corrected chi connectivity index (χ4v) is 2.97. The van der Waals surface area contributed by atoms with Crippen molar-refractivity contribution >= 4 is 0 Å². The molecule has 0 saturated heterocycles. The van der Waals surface area contributed by atoms with Crippen LogP contribution in [-0.4, -0.2) is 38.2 Å². The molecule has 0 bridgehead atoms. The summed E-state index contributed by atoms with van der Waals surface area (Å²) in [6.07, 6.45) is -0.0614. The highest BCUT2D eigenvalue weighted by Crippen LogP contribution is 2.30. The first-order valence-corrected chi connectivity index (χ1v) is 7.22. The number of hydrogen-bond donors (Lipinski definition) is 1. The second-order valence-corrected chi connectivity index (χ2v) is 5.88. The van der Waals surface area contributed by atoms with Gasteiger partial charge in [-0.2, -0.15) is 18.3 Å². The van der Waals surface area contributed by atoms with Crippen molar-refractivity contribution < 1.29 is 13.2 Å². The number of hydrogen-bond acceptors (Lipinski definition) is 3. The number of fused-ring (bicyclic) bond motifs is 1. The highest BCUT2D eigenvalue weighted by atomic mass is 19.4. The average Bonchev–Trinajstić information content (AvgIpc) is 3.06. The number of nitrogens with zero attached hydrogens (tertiary/aromatic N) is 4. The SMILES string of the molecule is CN(Cc1ccn[nH]1)C[C@@H]1CCc2nc(C(F)(F)F)cn2C1. The monoisotopic (exact) mass is 313 g/mol. The van der Waals surface area contributed by atoms with E-state index in [1.807, 2.05) is 13.1 Å². The van der Waals surface area contributed by atoms with Gasteiger partial charge in [-0.15, -0.1) is 0 Å². The van der Waals surface area contributed by atoms with E-state index in [4.69, 9.17) is 0 Å². The van der Waals surface area contributed by atoms with E-state index in [1.54, 1.807) is 10.8 Å². The van der Waals surface area contributed by atoms with E-state index in [1.165, 1.54) is 0 Å². The molecule has 22 heavy (non-hydrogen) atoms. The molecular formula is C14H18F3N5. The van der Waals surface area contributed by atoms with Gasteiger partial charge >= 0.3 is 6.18 Å². The Labute approximate surface area is 126 Å². The zero-order valence-corrected chi connectivity index (χ0v) is 12.3. The third-order valence-electron chi connectivity index (χ3n) is 3.95. The molecule has 1 aliphatic heterocycles. The van der Waals surface area contributed by atoms with E-state index in [2.05, 4.69) is 20.1 Å². The van der Waals surface area contributed by atoms with Crippen molar-refractivity contribution in [2.24, 2.45) is 5.92 Å². The Balaban J connectivity index is 1.60. The summed E-state index contributed by atoms with van der Waals surface area (Å²) >= 11 is 0. The molecular weight excluding hydrogens is 295 g/mol. The molecule has 0 amide bonds. The molecule has 8 heteroatoms. The first kappa shape index (κ1) is 15.1. The Morgan fingerprint density at radius 2 is 2.27 bits per heavy atom. The number of halogens is 3. The Kier molecular flexibility index (Phi) is 3.94. The molecule has 1 aliphatic rings. The predicted molar refractivity (Wildman–Crippen MR) is 74.0 cm³/mol. The van der Waals surface area contributed by atoms with E-state index in [0.717, 1.165) is 31.4 Å². The van der Waals surface area contributed by atoms with Gasteiger partial charge in [0, 0.05) is 44.1 Å². The van der Waals surface area contributed by atoms with E-state index < -0.39 is 11.9 Å². The first-order valence-electron chi connectivity index (χ1n) is 7.22. The van der Waals surface area contributed by atoms with Crippen molar-refractivity contribution in [2.45, 2.75) is 32.1 Å². The Morgan fingerprint density at radius 3 is 2.95 bits per heavy atom. The number of aromatic nitrogens is 4. The van der Waals surface area contributed by atoms with Crippen LogP contribution in [-0.2, 0) is 25.7 Å². The van der Waals surface area contributed by atoms with Crippen molar-refractivity contribution in [2.75, 3.05) is 13.6 Å². The Hall–Kier alpha value is -1.83. The van der Waals surface area contributed by atoms with E-state index in [0.29, 0.717) is 24.7 Å².